The maximum Gasteiger partial charge on any atom is 0.226 e. The average molecular weight is 364 g/mol. The number of hydrogen-bond donors (Lipinski definition) is 0. The SMILES string of the molecule is C=C/C(C)=C(/C)c1cc(C#N)c(N2CCN(C(=O)C3CC3)C(C)C2)nc1C. The molecular formula is C22H28N4O. The molecule has 1 unspecified atom stereocenters. The van der Waals surface area contributed by atoms with Crippen molar-refractivity contribution in [3.05, 3.63) is 41.1 Å². The molecule has 3 rings (SSSR count). The zero-order valence-electron chi connectivity index (χ0n) is 16.7. The van der Waals surface area contributed by atoms with Crippen molar-refractivity contribution >= 4 is 17.3 Å². The first kappa shape index (κ1) is 19.2. The van der Waals surface area contributed by atoms with Crippen LogP contribution in [0.4, 0.5) is 5.82 Å². The van der Waals surface area contributed by atoms with Crippen LogP contribution in [0.5, 0.6) is 0 Å². The van der Waals surface area contributed by atoms with Gasteiger partial charge in [-0.3, -0.25) is 4.79 Å². The maximum absolute atomic E-state index is 12.4. The van der Waals surface area contributed by atoms with E-state index in [0.717, 1.165) is 41.1 Å². The molecule has 0 aromatic carbocycles. The van der Waals surface area contributed by atoms with Gasteiger partial charge in [0.25, 0.3) is 0 Å². The molecule has 0 spiro atoms. The summed E-state index contributed by atoms with van der Waals surface area (Å²) >= 11 is 0. The van der Waals surface area contributed by atoms with Gasteiger partial charge in [0.1, 0.15) is 11.9 Å². The van der Waals surface area contributed by atoms with Gasteiger partial charge < -0.3 is 9.80 Å². The lowest BCUT2D eigenvalue weighted by molar-refractivity contribution is -0.134. The summed E-state index contributed by atoms with van der Waals surface area (Å²) in [4.78, 5) is 21.4. The van der Waals surface area contributed by atoms with Gasteiger partial charge in [0, 0.05) is 42.9 Å². The first-order valence-electron chi connectivity index (χ1n) is 9.64. The third-order valence-corrected chi connectivity index (χ3v) is 5.75. The fourth-order valence-electron chi connectivity index (χ4n) is 3.70. The van der Waals surface area contributed by atoms with E-state index in [0.29, 0.717) is 31.1 Å². The Morgan fingerprint density at radius 2 is 2.07 bits per heavy atom. The summed E-state index contributed by atoms with van der Waals surface area (Å²) < 4.78 is 0. The van der Waals surface area contributed by atoms with Crippen LogP contribution in [0, 0.1) is 24.2 Å². The van der Waals surface area contributed by atoms with Crippen molar-refractivity contribution in [2.45, 2.75) is 46.6 Å². The monoisotopic (exact) mass is 364 g/mol. The van der Waals surface area contributed by atoms with Crippen LogP contribution >= 0.6 is 0 Å². The van der Waals surface area contributed by atoms with E-state index in [9.17, 15) is 10.1 Å². The molecule has 1 aliphatic carbocycles. The molecule has 2 fully saturated rings. The Kier molecular flexibility index (Phi) is 5.36. The summed E-state index contributed by atoms with van der Waals surface area (Å²) in [7, 11) is 0. The smallest absolute Gasteiger partial charge is 0.226 e. The molecule has 1 aromatic heterocycles. The molecule has 5 heteroatoms. The second-order valence-electron chi connectivity index (χ2n) is 7.72. The lowest BCUT2D eigenvalue weighted by Gasteiger charge is -2.41. The standard InChI is InChI=1S/C22H28N4O/c1-6-14(2)16(4)20-11-19(12-23)21(24-17(20)5)25-9-10-26(15(3)13-25)22(27)18-7-8-18/h6,11,15,18H,1,7-10,13H2,2-5H3/b16-14-. The Balaban J connectivity index is 1.87. The molecular weight excluding hydrogens is 336 g/mol. The molecule has 142 valence electrons. The van der Waals surface area contributed by atoms with Crippen LogP contribution in [0.2, 0.25) is 0 Å². The summed E-state index contributed by atoms with van der Waals surface area (Å²) in [5.41, 5.74) is 4.65. The third-order valence-electron chi connectivity index (χ3n) is 5.75. The van der Waals surface area contributed by atoms with Crippen molar-refractivity contribution in [2.75, 3.05) is 24.5 Å². The van der Waals surface area contributed by atoms with E-state index in [2.05, 4.69) is 24.5 Å². The Morgan fingerprint density at radius 1 is 1.37 bits per heavy atom. The number of amides is 1. The van der Waals surface area contributed by atoms with Crippen molar-refractivity contribution < 1.29 is 4.79 Å². The number of nitriles is 1. The number of nitrogens with zero attached hydrogens (tertiary/aromatic N) is 4. The molecule has 1 saturated heterocycles. The normalized spacial score (nSPS) is 20.8. The fraction of sp³-hybridized carbons (Fsp3) is 0.500. The Hall–Kier alpha value is -2.61. The molecule has 1 aliphatic heterocycles. The van der Waals surface area contributed by atoms with Gasteiger partial charge in [0.2, 0.25) is 5.91 Å². The largest absolute Gasteiger partial charge is 0.352 e. The van der Waals surface area contributed by atoms with Gasteiger partial charge in [-0.2, -0.15) is 5.26 Å². The molecule has 1 amide bonds. The van der Waals surface area contributed by atoms with Crippen molar-refractivity contribution in [3.63, 3.8) is 0 Å². The second-order valence-corrected chi connectivity index (χ2v) is 7.72. The third kappa shape index (κ3) is 3.75. The highest BCUT2D eigenvalue weighted by Crippen LogP contribution is 2.33. The molecule has 5 nitrogen and oxygen atoms in total. The maximum atomic E-state index is 12.4. The Labute approximate surface area is 162 Å². The van der Waals surface area contributed by atoms with Gasteiger partial charge in [-0.1, -0.05) is 12.7 Å². The number of hydrogen-bond acceptors (Lipinski definition) is 4. The van der Waals surface area contributed by atoms with Gasteiger partial charge in [0.05, 0.1) is 5.56 Å². The minimum Gasteiger partial charge on any atom is -0.352 e. The van der Waals surface area contributed by atoms with Crippen LogP contribution in [0.1, 0.15) is 50.4 Å². The number of rotatable bonds is 4. The van der Waals surface area contributed by atoms with Gasteiger partial charge in [-0.25, -0.2) is 4.98 Å². The van der Waals surface area contributed by atoms with E-state index >= 15 is 0 Å². The summed E-state index contributed by atoms with van der Waals surface area (Å²) in [5.74, 6) is 1.27. The highest BCUT2D eigenvalue weighted by molar-refractivity contribution is 5.81. The van der Waals surface area contributed by atoms with E-state index in [1.54, 1.807) is 0 Å². The number of piperazine rings is 1. The predicted molar refractivity (Wildman–Crippen MR) is 108 cm³/mol. The quantitative estimate of drug-likeness (QED) is 0.765. The first-order chi connectivity index (χ1) is 12.9. The molecule has 1 aromatic rings. The lowest BCUT2D eigenvalue weighted by Crippen LogP contribution is -2.54. The number of carbonyl (C=O) groups is 1. The highest BCUT2D eigenvalue weighted by Gasteiger charge is 2.37. The van der Waals surface area contributed by atoms with Crippen LogP contribution in [-0.4, -0.2) is 41.5 Å². The van der Waals surface area contributed by atoms with E-state index in [1.165, 1.54) is 0 Å². The van der Waals surface area contributed by atoms with Crippen molar-refractivity contribution in [1.82, 2.24) is 9.88 Å². The molecule has 1 atom stereocenters. The first-order valence-corrected chi connectivity index (χ1v) is 9.64. The van der Waals surface area contributed by atoms with Gasteiger partial charge in [-0.15, -0.1) is 0 Å². The topological polar surface area (TPSA) is 60.2 Å². The Morgan fingerprint density at radius 3 is 2.63 bits per heavy atom. The summed E-state index contributed by atoms with van der Waals surface area (Å²) in [6, 6.07) is 4.38. The second kappa shape index (κ2) is 7.56. The number of aromatic nitrogens is 1. The highest BCUT2D eigenvalue weighted by atomic mass is 16.2. The fourth-order valence-corrected chi connectivity index (χ4v) is 3.70. The number of carbonyl (C=O) groups excluding carboxylic acids is 1. The van der Waals surface area contributed by atoms with Crippen LogP contribution in [0.15, 0.2) is 24.3 Å². The lowest BCUT2D eigenvalue weighted by atomic mass is 9.99. The molecule has 2 heterocycles. The van der Waals surface area contributed by atoms with Crippen molar-refractivity contribution in [3.8, 4) is 6.07 Å². The molecule has 27 heavy (non-hydrogen) atoms. The molecule has 2 aliphatic rings. The van der Waals surface area contributed by atoms with Gasteiger partial charge >= 0.3 is 0 Å². The van der Waals surface area contributed by atoms with Gasteiger partial charge in [0.15, 0.2) is 0 Å². The van der Waals surface area contributed by atoms with E-state index in [1.807, 2.05) is 37.8 Å². The number of aryl methyl sites for hydroxylation is 1. The molecule has 0 radical (unpaired) electrons. The van der Waals surface area contributed by atoms with Crippen molar-refractivity contribution in [1.29, 1.82) is 5.26 Å². The zero-order valence-corrected chi connectivity index (χ0v) is 16.7. The average Bonchev–Trinajstić information content (AvgIpc) is 3.51. The molecule has 0 bridgehead atoms. The van der Waals surface area contributed by atoms with Crippen LogP contribution in [-0.2, 0) is 4.79 Å². The van der Waals surface area contributed by atoms with E-state index in [-0.39, 0.29) is 12.0 Å². The summed E-state index contributed by atoms with van der Waals surface area (Å²) in [5, 5.41) is 9.71. The molecule has 0 N–H and O–H groups in total. The summed E-state index contributed by atoms with van der Waals surface area (Å²) in [6.45, 7) is 14.1. The number of pyridine rings is 1. The zero-order chi connectivity index (χ0) is 19.7. The van der Waals surface area contributed by atoms with Crippen LogP contribution in [0.3, 0.4) is 0 Å². The Bertz CT molecular complexity index is 845. The van der Waals surface area contributed by atoms with Crippen LogP contribution < -0.4 is 4.90 Å². The van der Waals surface area contributed by atoms with Crippen LogP contribution in [0.25, 0.3) is 5.57 Å². The minimum absolute atomic E-state index is 0.129. The number of allylic oxidation sites excluding steroid dienone is 3. The summed E-state index contributed by atoms with van der Waals surface area (Å²) in [6.07, 6.45) is 3.89. The molecule has 1 saturated carbocycles. The van der Waals surface area contributed by atoms with E-state index < -0.39 is 0 Å². The minimum atomic E-state index is 0.129. The van der Waals surface area contributed by atoms with Gasteiger partial charge in [-0.05, 0) is 57.7 Å². The van der Waals surface area contributed by atoms with E-state index in [4.69, 9.17) is 4.98 Å². The van der Waals surface area contributed by atoms with Crippen molar-refractivity contribution in [2.24, 2.45) is 5.92 Å². The number of anilines is 1. The predicted octanol–water partition coefficient (Wildman–Crippen LogP) is 3.69.